The number of rotatable bonds is 6. The minimum atomic E-state index is -0.121. The summed E-state index contributed by atoms with van der Waals surface area (Å²) in [6.07, 6.45) is 2.03. The minimum absolute atomic E-state index is 0.0722. The van der Waals surface area contributed by atoms with E-state index in [9.17, 15) is 4.79 Å². The van der Waals surface area contributed by atoms with E-state index in [0.717, 1.165) is 43.3 Å². The SMILES string of the molecule is CSc1ccccc1NC(=O)C(C)N1CCN(Cc2ccccc2)CC1. The van der Waals surface area contributed by atoms with Crippen LogP contribution in [-0.4, -0.2) is 54.2 Å². The number of nitrogens with zero attached hydrogens (tertiary/aromatic N) is 2. The zero-order chi connectivity index (χ0) is 18.4. The number of anilines is 1. The quantitative estimate of drug-likeness (QED) is 0.790. The highest BCUT2D eigenvalue weighted by atomic mass is 32.2. The molecule has 26 heavy (non-hydrogen) atoms. The summed E-state index contributed by atoms with van der Waals surface area (Å²) in [6, 6.07) is 18.4. The van der Waals surface area contributed by atoms with Crippen LogP contribution in [0.2, 0.25) is 0 Å². The van der Waals surface area contributed by atoms with Gasteiger partial charge in [0.1, 0.15) is 0 Å². The molecule has 1 saturated heterocycles. The Morgan fingerprint density at radius 1 is 1.04 bits per heavy atom. The highest BCUT2D eigenvalue weighted by molar-refractivity contribution is 7.98. The Labute approximate surface area is 160 Å². The number of piperazine rings is 1. The van der Waals surface area contributed by atoms with E-state index in [2.05, 4.69) is 45.4 Å². The van der Waals surface area contributed by atoms with Crippen LogP contribution in [0.15, 0.2) is 59.5 Å². The zero-order valence-corrected chi connectivity index (χ0v) is 16.3. The molecule has 1 aliphatic heterocycles. The van der Waals surface area contributed by atoms with E-state index >= 15 is 0 Å². The summed E-state index contributed by atoms with van der Waals surface area (Å²) in [5, 5.41) is 3.09. The topological polar surface area (TPSA) is 35.6 Å². The maximum Gasteiger partial charge on any atom is 0.241 e. The van der Waals surface area contributed by atoms with Gasteiger partial charge in [-0.25, -0.2) is 0 Å². The second-order valence-corrected chi connectivity index (χ2v) is 7.51. The van der Waals surface area contributed by atoms with Gasteiger partial charge in [0.2, 0.25) is 5.91 Å². The van der Waals surface area contributed by atoms with E-state index in [1.807, 2.05) is 37.4 Å². The number of carbonyl (C=O) groups excluding carboxylic acids is 1. The van der Waals surface area contributed by atoms with Gasteiger partial charge < -0.3 is 5.32 Å². The van der Waals surface area contributed by atoms with Gasteiger partial charge in [-0.15, -0.1) is 11.8 Å². The molecule has 2 aromatic carbocycles. The van der Waals surface area contributed by atoms with Crippen molar-refractivity contribution in [2.45, 2.75) is 24.4 Å². The van der Waals surface area contributed by atoms with Crippen molar-refractivity contribution >= 4 is 23.4 Å². The van der Waals surface area contributed by atoms with Crippen molar-refractivity contribution in [3.63, 3.8) is 0 Å². The number of nitrogens with one attached hydrogen (secondary N) is 1. The molecule has 1 heterocycles. The van der Waals surface area contributed by atoms with Gasteiger partial charge in [-0.1, -0.05) is 42.5 Å². The molecule has 3 rings (SSSR count). The molecular weight excluding hydrogens is 342 g/mol. The molecule has 4 nitrogen and oxygen atoms in total. The van der Waals surface area contributed by atoms with Gasteiger partial charge in [0.25, 0.3) is 0 Å². The van der Waals surface area contributed by atoms with Gasteiger partial charge in [-0.2, -0.15) is 0 Å². The monoisotopic (exact) mass is 369 g/mol. The van der Waals surface area contributed by atoms with E-state index in [0.29, 0.717) is 0 Å². The average molecular weight is 370 g/mol. The van der Waals surface area contributed by atoms with E-state index in [1.54, 1.807) is 11.8 Å². The number of para-hydroxylation sites is 1. The molecule has 0 aromatic heterocycles. The fourth-order valence-electron chi connectivity index (χ4n) is 3.30. The van der Waals surface area contributed by atoms with Crippen LogP contribution in [0, 0.1) is 0 Å². The third kappa shape index (κ3) is 4.87. The lowest BCUT2D eigenvalue weighted by Gasteiger charge is -2.37. The van der Waals surface area contributed by atoms with E-state index in [-0.39, 0.29) is 11.9 Å². The molecule has 0 spiro atoms. The molecule has 0 radical (unpaired) electrons. The molecule has 0 aliphatic carbocycles. The maximum atomic E-state index is 12.7. The van der Waals surface area contributed by atoms with Crippen LogP contribution in [0.3, 0.4) is 0 Å². The molecule has 1 amide bonds. The first-order chi connectivity index (χ1) is 12.7. The van der Waals surface area contributed by atoms with Crippen molar-refractivity contribution in [1.82, 2.24) is 9.80 Å². The number of amides is 1. The third-order valence-electron chi connectivity index (χ3n) is 4.95. The van der Waals surface area contributed by atoms with Crippen LogP contribution < -0.4 is 5.32 Å². The third-order valence-corrected chi connectivity index (χ3v) is 5.74. The first-order valence-corrected chi connectivity index (χ1v) is 10.3. The number of hydrogen-bond acceptors (Lipinski definition) is 4. The Kier molecular flexibility index (Phi) is 6.72. The Hall–Kier alpha value is -1.82. The van der Waals surface area contributed by atoms with Crippen molar-refractivity contribution < 1.29 is 4.79 Å². The average Bonchev–Trinajstić information content (AvgIpc) is 2.69. The first-order valence-electron chi connectivity index (χ1n) is 9.11. The van der Waals surface area contributed by atoms with Gasteiger partial charge >= 0.3 is 0 Å². The van der Waals surface area contributed by atoms with Crippen LogP contribution in [-0.2, 0) is 11.3 Å². The molecular formula is C21H27N3OS. The lowest BCUT2D eigenvalue weighted by atomic mass is 10.1. The molecule has 138 valence electrons. The number of thioether (sulfide) groups is 1. The molecule has 5 heteroatoms. The van der Waals surface area contributed by atoms with Gasteiger partial charge in [0, 0.05) is 37.6 Å². The molecule has 1 fully saturated rings. The van der Waals surface area contributed by atoms with E-state index in [1.165, 1.54) is 5.56 Å². The van der Waals surface area contributed by atoms with Crippen LogP contribution in [0.4, 0.5) is 5.69 Å². The van der Waals surface area contributed by atoms with Crippen LogP contribution >= 0.6 is 11.8 Å². The van der Waals surface area contributed by atoms with E-state index < -0.39 is 0 Å². The maximum absolute atomic E-state index is 12.7. The standard InChI is InChI=1S/C21H27N3OS/c1-17(21(25)22-19-10-6-7-11-20(19)26-2)24-14-12-23(13-15-24)16-18-8-4-3-5-9-18/h3-11,17H,12-16H2,1-2H3,(H,22,25). The van der Waals surface area contributed by atoms with Crippen molar-refractivity contribution in [3.05, 3.63) is 60.2 Å². The van der Waals surface area contributed by atoms with Gasteiger partial charge in [0.15, 0.2) is 0 Å². The first kappa shape index (κ1) is 19.0. The Morgan fingerprint density at radius 3 is 2.38 bits per heavy atom. The van der Waals surface area contributed by atoms with Crippen LogP contribution in [0.25, 0.3) is 0 Å². The molecule has 1 N–H and O–H groups in total. The van der Waals surface area contributed by atoms with Crippen molar-refractivity contribution in [2.75, 3.05) is 37.8 Å². The smallest absolute Gasteiger partial charge is 0.241 e. The zero-order valence-electron chi connectivity index (χ0n) is 15.5. The molecule has 1 aliphatic rings. The van der Waals surface area contributed by atoms with Gasteiger partial charge in [0.05, 0.1) is 11.7 Å². The molecule has 0 bridgehead atoms. The predicted octanol–water partition coefficient (Wildman–Crippen LogP) is 3.55. The highest BCUT2D eigenvalue weighted by Gasteiger charge is 2.25. The summed E-state index contributed by atoms with van der Waals surface area (Å²) >= 11 is 1.65. The fourth-order valence-corrected chi connectivity index (χ4v) is 3.85. The lowest BCUT2D eigenvalue weighted by Crippen LogP contribution is -2.52. The van der Waals surface area contributed by atoms with Gasteiger partial charge in [-0.3, -0.25) is 14.6 Å². The lowest BCUT2D eigenvalue weighted by molar-refractivity contribution is -0.121. The summed E-state index contributed by atoms with van der Waals surface area (Å²) in [5.74, 6) is 0.0722. The number of hydrogen-bond donors (Lipinski definition) is 1. The Bertz CT molecular complexity index is 714. The Morgan fingerprint density at radius 2 is 1.69 bits per heavy atom. The second-order valence-electron chi connectivity index (χ2n) is 6.66. The van der Waals surface area contributed by atoms with Crippen molar-refractivity contribution in [3.8, 4) is 0 Å². The molecule has 1 unspecified atom stereocenters. The number of carbonyl (C=O) groups is 1. The molecule has 2 aromatic rings. The summed E-state index contributed by atoms with van der Waals surface area (Å²) in [7, 11) is 0. The highest BCUT2D eigenvalue weighted by Crippen LogP contribution is 2.25. The van der Waals surface area contributed by atoms with E-state index in [4.69, 9.17) is 0 Å². The summed E-state index contributed by atoms with van der Waals surface area (Å²) in [6.45, 7) is 6.82. The normalized spacial score (nSPS) is 17.0. The predicted molar refractivity (Wildman–Crippen MR) is 110 cm³/mol. The largest absolute Gasteiger partial charge is 0.324 e. The summed E-state index contributed by atoms with van der Waals surface area (Å²) in [4.78, 5) is 18.5. The fraction of sp³-hybridized carbons (Fsp3) is 0.381. The van der Waals surface area contributed by atoms with Crippen molar-refractivity contribution in [1.29, 1.82) is 0 Å². The van der Waals surface area contributed by atoms with Crippen molar-refractivity contribution in [2.24, 2.45) is 0 Å². The van der Waals surface area contributed by atoms with Gasteiger partial charge in [-0.05, 0) is 30.9 Å². The molecule has 0 saturated carbocycles. The van der Waals surface area contributed by atoms with Crippen LogP contribution in [0.5, 0.6) is 0 Å². The number of benzene rings is 2. The van der Waals surface area contributed by atoms with Crippen LogP contribution in [0.1, 0.15) is 12.5 Å². The second kappa shape index (κ2) is 9.21. The summed E-state index contributed by atoms with van der Waals surface area (Å²) < 4.78 is 0. The molecule has 1 atom stereocenters. The Balaban J connectivity index is 1.51. The summed E-state index contributed by atoms with van der Waals surface area (Å²) in [5.41, 5.74) is 2.25. The minimum Gasteiger partial charge on any atom is -0.324 e.